The first kappa shape index (κ1) is 40.5. The van der Waals surface area contributed by atoms with Gasteiger partial charge in [-0.3, -0.25) is 23.9 Å². The van der Waals surface area contributed by atoms with Gasteiger partial charge in [-0.25, -0.2) is 13.4 Å². The maximum absolute atomic E-state index is 14.9. The van der Waals surface area contributed by atoms with Crippen LogP contribution < -0.4 is 19.5 Å². The third kappa shape index (κ3) is 8.90. The van der Waals surface area contributed by atoms with Crippen molar-refractivity contribution in [1.82, 2.24) is 24.8 Å². The summed E-state index contributed by atoms with van der Waals surface area (Å²) in [5.41, 5.74) is 0.127. The molecule has 0 bridgehead atoms. The van der Waals surface area contributed by atoms with E-state index in [2.05, 4.69) is 10.0 Å². The molecule has 0 spiro atoms. The van der Waals surface area contributed by atoms with E-state index in [1.165, 1.54) is 4.90 Å². The van der Waals surface area contributed by atoms with Gasteiger partial charge in [0.2, 0.25) is 27.7 Å². The zero-order valence-electron chi connectivity index (χ0n) is 33.4. The fourth-order valence-corrected chi connectivity index (χ4v) is 9.90. The molecule has 2 aliphatic heterocycles. The van der Waals surface area contributed by atoms with Crippen LogP contribution in [0.15, 0.2) is 54.6 Å². The highest BCUT2D eigenvalue weighted by molar-refractivity contribution is 7.91. The predicted octanol–water partition coefficient (Wildman–Crippen LogP) is 5.36. The minimum atomic E-state index is -3.86. The van der Waals surface area contributed by atoms with Crippen molar-refractivity contribution in [2.45, 2.75) is 114 Å². The molecule has 57 heavy (non-hydrogen) atoms. The normalized spacial score (nSPS) is 21.5. The van der Waals surface area contributed by atoms with Crippen LogP contribution in [0.2, 0.25) is 0 Å². The highest BCUT2D eigenvalue weighted by Gasteiger charge is 2.51. The first-order chi connectivity index (χ1) is 27.2. The molecule has 3 aromatic rings. The number of benzene rings is 2. The third-order valence-electron chi connectivity index (χ3n) is 12.1. The maximum atomic E-state index is 14.9. The van der Waals surface area contributed by atoms with E-state index in [1.807, 2.05) is 80.3 Å². The second-order valence-corrected chi connectivity index (χ2v) is 19.2. The second kappa shape index (κ2) is 16.3. The molecule has 14 heteroatoms. The number of likely N-dealkylation sites (tertiary alicyclic amines) is 2. The summed E-state index contributed by atoms with van der Waals surface area (Å²) in [7, 11) is -2.27. The molecule has 4 aliphatic rings. The average molecular weight is 802 g/mol. The number of methoxy groups -OCH3 is 1. The lowest BCUT2D eigenvalue weighted by Gasteiger charge is -2.37. The van der Waals surface area contributed by atoms with Gasteiger partial charge in [0.05, 0.1) is 36.0 Å². The number of rotatable bonds is 12. The summed E-state index contributed by atoms with van der Waals surface area (Å²) >= 11 is 0. The molecule has 13 nitrogen and oxygen atoms in total. The molecular weight excluding hydrogens is 747 g/mol. The Morgan fingerprint density at radius 3 is 2.30 bits per heavy atom. The predicted molar refractivity (Wildman–Crippen MR) is 216 cm³/mol. The number of ether oxygens (including phenoxy) is 2. The first-order valence-electron chi connectivity index (χ1n) is 20.3. The van der Waals surface area contributed by atoms with E-state index in [0.717, 1.165) is 30.2 Å². The molecule has 0 radical (unpaired) electrons. The Labute approximate surface area is 335 Å². The quantitative estimate of drug-likeness (QED) is 0.246. The summed E-state index contributed by atoms with van der Waals surface area (Å²) in [6.45, 7) is 7.16. The van der Waals surface area contributed by atoms with Crippen LogP contribution in [0.5, 0.6) is 11.5 Å². The van der Waals surface area contributed by atoms with Crippen LogP contribution in [-0.4, -0.2) is 96.5 Å². The molecule has 7 rings (SSSR count). The van der Waals surface area contributed by atoms with Gasteiger partial charge in [-0.1, -0.05) is 63.9 Å². The van der Waals surface area contributed by atoms with Gasteiger partial charge >= 0.3 is 0 Å². The van der Waals surface area contributed by atoms with Crippen molar-refractivity contribution in [2.75, 3.05) is 26.7 Å². The Balaban J connectivity index is 1.21. The van der Waals surface area contributed by atoms with Crippen LogP contribution in [-0.2, 0) is 29.2 Å². The fraction of sp³-hybridized carbons (Fsp3) is 0.558. The number of carbonyl (C=O) groups is 4. The summed E-state index contributed by atoms with van der Waals surface area (Å²) < 4.78 is 40.3. The molecule has 2 N–H and O–H groups in total. The largest absolute Gasteiger partial charge is 0.497 e. The monoisotopic (exact) mass is 801 g/mol. The smallest absolute Gasteiger partial charge is 0.259 e. The lowest BCUT2D eigenvalue weighted by molar-refractivity contribution is -0.149. The SMILES string of the molecule is COc1ccc2c(O[C@@H]3C[C@@H](C(=O)NC4(C(=O)NS(=O)(=O)C5CC5)CCCC4)N(C(=O)C(CC(=O)N4CCCCC4)C(C)(C)C)C3)cc(-c3ccccc3)nc2c1. The number of fused-ring (bicyclic) bond motifs is 1. The molecule has 4 fully saturated rings. The first-order valence-corrected chi connectivity index (χ1v) is 21.9. The molecule has 3 heterocycles. The third-order valence-corrected chi connectivity index (χ3v) is 13.9. The van der Waals surface area contributed by atoms with Crippen molar-refractivity contribution in [3.8, 4) is 22.8 Å². The number of aromatic nitrogens is 1. The molecule has 2 saturated carbocycles. The molecule has 2 saturated heterocycles. The highest BCUT2D eigenvalue weighted by Crippen LogP contribution is 2.39. The van der Waals surface area contributed by atoms with Gasteiger partial charge in [-0.05, 0) is 62.5 Å². The number of piperidine rings is 1. The number of amides is 4. The van der Waals surface area contributed by atoms with Gasteiger partial charge in [0.15, 0.2) is 0 Å². The van der Waals surface area contributed by atoms with Crippen molar-refractivity contribution in [2.24, 2.45) is 11.3 Å². The molecule has 1 aromatic heterocycles. The zero-order valence-corrected chi connectivity index (χ0v) is 34.2. The summed E-state index contributed by atoms with van der Waals surface area (Å²) in [5.74, 6) is -1.31. The van der Waals surface area contributed by atoms with Gasteiger partial charge in [-0.2, -0.15) is 0 Å². The number of nitrogens with zero attached hydrogens (tertiary/aromatic N) is 3. The van der Waals surface area contributed by atoms with Gasteiger partial charge in [0.1, 0.15) is 29.2 Å². The number of carbonyl (C=O) groups excluding carboxylic acids is 4. The Hall–Kier alpha value is -4.72. The molecule has 2 aliphatic carbocycles. The van der Waals surface area contributed by atoms with Crippen molar-refractivity contribution in [1.29, 1.82) is 0 Å². The van der Waals surface area contributed by atoms with E-state index < -0.39 is 56.1 Å². The maximum Gasteiger partial charge on any atom is 0.259 e. The second-order valence-electron chi connectivity index (χ2n) is 17.3. The van der Waals surface area contributed by atoms with Crippen molar-refractivity contribution in [3.63, 3.8) is 0 Å². The van der Waals surface area contributed by atoms with Crippen LogP contribution in [0, 0.1) is 11.3 Å². The Morgan fingerprint density at radius 2 is 1.65 bits per heavy atom. The number of hydrogen-bond acceptors (Lipinski definition) is 9. The van der Waals surface area contributed by atoms with Gasteiger partial charge in [0.25, 0.3) is 5.91 Å². The van der Waals surface area contributed by atoms with Crippen LogP contribution in [0.4, 0.5) is 0 Å². The van der Waals surface area contributed by atoms with Gasteiger partial charge < -0.3 is 24.6 Å². The van der Waals surface area contributed by atoms with E-state index in [1.54, 1.807) is 7.11 Å². The van der Waals surface area contributed by atoms with E-state index in [4.69, 9.17) is 14.5 Å². The van der Waals surface area contributed by atoms with Crippen LogP contribution in [0.1, 0.15) is 91.4 Å². The Kier molecular flexibility index (Phi) is 11.5. The molecular formula is C43H55N5O8S. The summed E-state index contributed by atoms with van der Waals surface area (Å²) in [6.07, 6.45) is 5.16. The van der Waals surface area contributed by atoms with Crippen LogP contribution in [0.3, 0.4) is 0 Å². The minimum Gasteiger partial charge on any atom is -0.497 e. The highest BCUT2D eigenvalue weighted by atomic mass is 32.2. The van der Waals surface area contributed by atoms with E-state index in [9.17, 15) is 27.6 Å². The molecule has 2 aromatic carbocycles. The standard InChI is InChI=1S/C43H55N5O8S/c1-42(2,3)33(25-38(49)47-21-11-6-12-22-47)40(51)48-27-30(24-36(48)39(50)45-43(19-9-10-20-43)41(52)46-57(53,54)31-16-17-31)56-37-26-34(28-13-7-5-8-14-28)44-35-23-29(55-4)15-18-32(35)37/h5,7-8,13-15,18,23,26,30-31,33,36H,6,9-12,16-17,19-22,24-25,27H2,1-4H3,(H,45,50)(H,46,52)/t30-,33?,36+/m1/s1. The topological polar surface area (TPSA) is 164 Å². The van der Waals surface area contributed by atoms with Crippen LogP contribution in [0.25, 0.3) is 22.2 Å². The lowest BCUT2D eigenvalue weighted by Crippen LogP contribution is -2.61. The zero-order chi connectivity index (χ0) is 40.5. The molecule has 4 amide bonds. The Bertz CT molecular complexity index is 2100. The molecule has 3 atom stereocenters. The number of sulfonamides is 1. The minimum absolute atomic E-state index is 0.00132. The summed E-state index contributed by atoms with van der Waals surface area (Å²) in [4.78, 5) is 65.2. The van der Waals surface area contributed by atoms with Crippen LogP contribution >= 0.6 is 0 Å². The van der Waals surface area contributed by atoms with Crippen molar-refractivity contribution < 1.29 is 37.1 Å². The fourth-order valence-electron chi connectivity index (χ4n) is 8.52. The Morgan fingerprint density at radius 1 is 0.947 bits per heavy atom. The summed E-state index contributed by atoms with van der Waals surface area (Å²) in [5, 5.41) is 3.08. The van der Waals surface area contributed by atoms with Crippen molar-refractivity contribution in [3.05, 3.63) is 54.6 Å². The number of nitrogens with one attached hydrogen (secondary N) is 2. The number of hydrogen-bond donors (Lipinski definition) is 2. The van der Waals surface area contributed by atoms with Gasteiger partial charge in [-0.15, -0.1) is 0 Å². The number of pyridine rings is 1. The molecule has 306 valence electrons. The van der Waals surface area contributed by atoms with Gasteiger partial charge in [0, 0.05) is 49.0 Å². The van der Waals surface area contributed by atoms with E-state index >= 15 is 0 Å². The van der Waals surface area contributed by atoms with E-state index in [0.29, 0.717) is 61.5 Å². The average Bonchev–Trinajstić information content (AvgIpc) is 3.83. The lowest BCUT2D eigenvalue weighted by atomic mass is 9.77. The van der Waals surface area contributed by atoms with Crippen molar-refractivity contribution >= 4 is 44.6 Å². The molecule has 1 unspecified atom stereocenters. The van der Waals surface area contributed by atoms with E-state index in [-0.39, 0.29) is 44.0 Å². The summed E-state index contributed by atoms with van der Waals surface area (Å²) in [6, 6.07) is 16.0.